The van der Waals surface area contributed by atoms with E-state index < -0.39 is 0 Å². The van der Waals surface area contributed by atoms with Crippen LogP contribution in [0.15, 0.2) is 0 Å². The minimum absolute atomic E-state index is 0.372. The number of hydrogen-bond acceptors (Lipinski definition) is 0. The Morgan fingerprint density at radius 3 is 1.53 bits per heavy atom. The van der Waals surface area contributed by atoms with E-state index >= 15 is 0 Å². The van der Waals surface area contributed by atoms with Crippen LogP contribution in [-0.4, -0.2) is 0 Å². The monoisotopic (exact) mass is 239 g/mol. The Kier molecular flexibility index (Phi) is 5.76. The quantitative estimate of drug-likeness (QED) is 0.502. The van der Waals surface area contributed by atoms with Crippen molar-refractivity contribution < 1.29 is 0 Å². The summed E-state index contributed by atoms with van der Waals surface area (Å²) in [5.41, 5.74) is 1.24. The molecule has 0 saturated heterocycles. The van der Waals surface area contributed by atoms with Crippen LogP contribution in [0.25, 0.3) is 0 Å². The Balaban J connectivity index is 4.53. The van der Waals surface area contributed by atoms with Crippen molar-refractivity contribution in [1.82, 2.24) is 0 Å². The standard InChI is InChI=1S/C17H35/c1-10-15(4,5)12-17(8,9)13-16(6,7)11-14(2)3/h14H,1,10-13H2,2-9H3. The van der Waals surface area contributed by atoms with Crippen LogP contribution in [-0.2, 0) is 0 Å². The average Bonchev–Trinajstić information content (AvgIpc) is 1.96. The lowest BCUT2D eigenvalue weighted by Crippen LogP contribution is -2.29. The van der Waals surface area contributed by atoms with Gasteiger partial charge in [0.15, 0.2) is 0 Å². The number of hydrogen-bond donors (Lipinski definition) is 0. The van der Waals surface area contributed by atoms with Gasteiger partial charge in [-0.25, -0.2) is 0 Å². The topological polar surface area (TPSA) is 0 Å². The largest absolute Gasteiger partial charge is 0.0628 e. The summed E-state index contributed by atoms with van der Waals surface area (Å²) in [7, 11) is 0. The molecule has 0 heterocycles. The smallest absolute Gasteiger partial charge is 0.0344 e. The predicted octanol–water partition coefficient (Wildman–Crippen LogP) is 6.12. The Labute approximate surface area is 111 Å². The third kappa shape index (κ3) is 7.84. The van der Waals surface area contributed by atoms with Gasteiger partial charge in [0, 0.05) is 0 Å². The molecule has 0 rings (SSSR count). The van der Waals surface area contributed by atoms with Crippen molar-refractivity contribution in [2.24, 2.45) is 22.2 Å². The highest BCUT2D eigenvalue weighted by Crippen LogP contribution is 2.45. The van der Waals surface area contributed by atoms with Crippen molar-refractivity contribution >= 4 is 0 Å². The van der Waals surface area contributed by atoms with Gasteiger partial charge < -0.3 is 0 Å². The molecule has 0 amide bonds. The van der Waals surface area contributed by atoms with Crippen molar-refractivity contribution in [3.8, 4) is 0 Å². The zero-order valence-electron chi connectivity index (χ0n) is 13.6. The van der Waals surface area contributed by atoms with Gasteiger partial charge in [0.05, 0.1) is 0 Å². The molecule has 0 fully saturated rings. The molecule has 0 unspecified atom stereocenters. The maximum absolute atomic E-state index is 4.09. The molecule has 0 aromatic rings. The van der Waals surface area contributed by atoms with Crippen LogP contribution in [0.2, 0.25) is 0 Å². The van der Waals surface area contributed by atoms with E-state index in [1.165, 1.54) is 19.3 Å². The Morgan fingerprint density at radius 2 is 1.18 bits per heavy atom. The van der Waals surface area contributed by atoms with Crippen LogP contribution in [0.4, 0.5) is 0 Å². The van der Waals surface area contributed by atoms with Gasteiger partial charge in [-0.2, -0.15) is 0 Å². The van der Waals surface area contributed by atoms with E-state index in [0.29, 0.717) is 16.2 Å². The first-order valence-electron chi connectivity index (χ1n) is 7.18. The van der Waals surface area contributed by atoms with Gasteiger partial charge >= 0.3 is 0 Å². The van der Waals surface area contributed by atoms with Crippen LogP contribution in [0.3, 0.4) is 0 Å². The fourth-order valence-corrected chi connectivity index (χ4v) is 3.92. The summed E-state index contributed by atoms with van der Waals surface area (Å²) in [5.74, 6) is 0.793. The fourth-order valence-electron chi connectivity index (χ4n) is 3.92. The highest BCUT2D eigenvalue weighted by Gasteiger charge is 2.33. The second kappa shape index (κ2) is 5.76. The van der Waals surface area contributed by atoms with Gasteiger partial charge in [-0.3, -0.25) is 0 Å². The van der Waals surface area contributed by atoms with Crippen molar-refractivity contribution in [2.45, 2.75) is 81.1 Å². The van der Waals surface area contributed by atoms with Crippen LogP contribution in [0.5, 0.6) is 0 Å². The van der Waals surface area contributed by atoms with Crippen LogP contribution in [0, 0.1) is 29.1 Å². The lowest BCUT2D eigenvalue weighted by molar-refractivity contribution is 0.111. The molecule has 0 nitrogen and oxygen atoms in total. The summed E-state index contributed by atoms with van der Waals surface area (Å²) < 4.78 is 0. The minimum Gasteiger partial charge on any atom is -0.0628 e. The Hall–Kier alpha value is 0. The van der Waals surface area contributed by atoms with Gasteiger partial charge in [-0.15, -0.1) is 0 Å². The molecule has 0 bridgehead atoms. The van der Waals surface area contributed by atoms with E-state index in [9.17, 15) is 0 Å². The summed E-state index contributed by atoms with van der Waals surface area (Å²) in [6.45, 7) is 23.1. The molecule has 0 N–H and O–H groups in total. The molecule has 0 aromatic carbocycles. The maximum atomic E-state index is 4.09. The van der Waals surface area contributed by atoms with E-state index in [1.54, 1.807) is 0 Å². The van der Waals surface area contributed by atoms with Crippen molar-refractivity contribution in [1.29, 1.82) is 0 Å². The van der Waals surface area contributed by atoms with Crippen LogP contribution in [0.1, 0.15) is 81.1 Å². The lowest BCUT2D eigenvalue weighted by Gasteiger charge is -2.40. The molecule has 103 valence electrons. The summed E-state index contributed by atoms with van der Waals surface area (Å²) in [6, 6.07) is 0. The summed E-state index contributed by atoms with van der Waals surface area (Å²) in [4.78, 5) is 0. The van der Waals surface area contributed by atoms with E-state index in [0.717, 1.165) is 12.3 Å². The molecule has 0 atom stereocenters. The van der Waals surface area contributed by atoms with Crippen LogP contribution < -0.4 is 0 Å². The second-order valence-electron chi connectivity index (χ2n) is 8.69. The predicted molar refractivity (Wildman–Crippen MR) is 80.0 cm³/mol. The molecule has 0 saturated carbocycles. The minimum atomic E-state index is 0.372. The summed E-state index contributed by atoms with van der Waals surface area (Å²) >= 11 is 0. The average molecular weight is 239 g/mol. The van der Waals surface area contributed by atoms with Crippen molar-refractivity contribution in [3.63, 3.8) is 0 Å². The molecular formula is C17H35. The fraction of sp³-hybridized carbons (Fsp3) is 0.941. The van der Waals surface area contributed by atoms with Crippen molar-refractivity contribution in [2.75, 3.05) is 0 Å². The van der Waals surface area contributed by atoms with Gasteiger partial charge in [-0.1, -0.05) is 62.3 Å². The van der Waals surface area contributed by atoms with Crippen molar-refractivity contribution in [3.05, 3.63) is 6.92 Å². The molecule has 0 aromatic heterocycles. The van der Waals surface area contributed by atoms with E-state index in [-0.39, 0.29) is 0 Å². The second-order valence-corrected chi connectivity index (χ2v) is 8.69. The van der Waals surface area contributed by atoms with E-state index in [1.807, 2.05) is 0 Å². The van der Waals surface area contributed by atoms with Gasteiger partial charge in [0.2, 0.25) is 0 Å². The van der Waals surface area contributed by atoms with Gasteiger partial charge in [0.25, 0.3) is 0 Å². The molecule has 0 aliphatic rings. The van der Waals surface area contributed by atoms with E-state index in [4.69, 9.17) is 0 Å². The first-order valence-corrected chi connectivity index (χ1v) is 7.18. The first-order chi connectivity index (χ1) is 7.39. The highest BCUT2D eigenvalue weighted by molar-refractivity contribution is 4.85. The molecule has 0 spiro atoms. The Bertz CT molecular complexity index is 218. The third-order valence-corrected chi connectivity index (χ3v) is 3.55. The Morgan fingerprint density at radius 1 is 0.765 bits per heavy atom. The molecule has 1 radical (unpaired) electrons. The maximum Gasteiger partial charge on any atom is -0.0344 e. The molecule has 0 aliphatic heterocycles. The van der Waals surface area contributed by atoms with E-state index in [2.05, 4.69) is 62.3 Å². The third-order valence-electron chi connectivity index (χ3n) is 3.55. The molecule has 0 aliphatic carbocycles. The SMILES string of the molecule is [CH2]CC(C)(C)CC(C)(C)CC(C)(C)CC(C)C. The first kappa shape index (κ1) is 17.0. The lowest BCUT2D eigenvalue weighted by atomic mass is 9.65. The van der Waals surface area contributed by atoms with Gasteiger partial charge in [0.1, 0.15) is 0 Å². The zero-order valence-corrected chi connectivity index (χ0v) is 13.6. The molecule has 17 heavy (non-hydrogen) atoms. The molecular weight excluding hydrogens is 204 g/mol. The summed E-state index contributed by atoms with van der Waals surface area (Å²) in [5, 5.41) is 0. The summed E-state index contributed by atoms with van der Waals surface area (Å²) in [6.07, 6.45) is 4.93. The number of rotatable bonds is 7. The molecule has 0 heteroatoms. The van der Waals surface area contributed by atoms with Crippen LogP contribution >= 0.6 is 0 Å². The normalized spacial score (nSPS) is 14.5. The van der Waals surface area contributed by atoms with Gasteiger partial charge in [-0.05, 0) is 47.8 Å². The highest BCUT2D eigenvalue weighted by atomic mass is 14.4. The zero-order chi connectivity index (χ0) is 13.9.